The molecular formula is C19H24N3O4S+. The second-order valence-corrected chi connectivity index (χ2v) is 7.66. The van der Waals surface area contributed by atoms with Gasteiger partial charge in [0.05, 0.1) is 45.2 Å². The molecule has 2 aliphatic rings. The minimum Gasteiger partial charge on any atom is -0.496 e. The molecule has 144 valence electrons. The molecule has 3 amide bonds. The van der Waals surface area contributed by atoms with E-state index in [-0.39, 0.29) is 30.0 Å². The third kappa shape index (κ3) is 4.51. The zero-order valence-corrected chi connectivity index (χ0v) is 16.4. The van der Waals surface area contributed by atoms with Gasteiger partial charge in [0.2, 0.25) is 5.91 Å². The number of hydrogen-bond donors (Lipinski definition) is 1. The van der Waals surface area contributed by atoms with E-state index in [4.69, 9.17) is 4.74 Å². The highest BCUT2D eigenvalue weighted by atomic mass is 32.2. The fourth-order valence-corrected chi connectivity index (χ4v) is 3.98. The number of piperazine rings is 1. The fraction of sp³-hybridized carbons (Fsp3) is 0.421. The van der Waals surface area contributed by atoms with E-state index in [0.717, 1.165) is 48.4 Å². The van der Waals surface area contributed by atoms with Gasteiger partial charge in [-0.1, -0.05) is 18.2 Å². The Morgan fingerprint density at radius 2 is 1.96 bits per heavy atom. The van der Waals surface area contributed by atoms with Crippen LogP contribution in [0, 0.1) is 0 Å². The SMILES string of the molecule is COc1ccccc1/C=C1/SC(=O)N(CCC(=O)N2CC[NH+](C)CC2)C1=O. The molecule has 2 aliphatic heterocycles. The summed E-state index contributed by atoms with van der Waals surface area (Å²) in [6.07, 6.45) is 1.83. The maximum Gasteiger partial charge on any atom is 0.293 e. The number of ether oxygens (including phenoxy) is 1. The van der Waals surface area contributed by atoms with Crippen LogP contribution in [-0.2, 0) is 9.59 Å². The molecule has 8 heteroatoms. The van der Waals surface area contributed by atoms with Crippen molar-refractivity contribution in [1.29, 1.82) is 0 Å². The van der Waals surface area contributed by atoms with Crippen LogP contribution in [0.4, 0.5) is 4.79 Å². The first-order valence-corrected chi connectivity index (χ1v) is 9.78. The number of methoxy groups -OCH3 is 1. The molecule has 27 heavy (non-hydrogen) atoms. The number of quaternary nitrogens is 1. The highest BCUT2D eigenvalue weighted by molar-refractivity contribution is 8.18. The lowest BCUT2D eigenvalue weighted by molar-refractivity contribution is -0.883. The second kappa shape index (κ2) is 8.58. The molecule has 0 aliphatic carbocycles. The first-order chi connectivity index (χ1) is 13.0. The number of carbonyl (C=O) groups excluding carboxylic acids is 3. The van der Waals surface area contributed by atoms with Crippen molar-refractivity contribution in [3.8, 4) is 5.75 Å². The van der Waals surface area contributed by atoms with Gasteiger partial charge in [0, 0.05) is 18.5 Å². The summed E-state index contributed by atoms with van der Waals surface area (Å²) in [5.41, 5.74) is 0.738. The van der Waals surface area contributed by atoms with Crippen LogP contribution in [-0.4, -0.2) is 73.7 Å². The van der Waals surface area contributed by atoms with E-state index in [0.29, 0.717) is 10.7 Å². The van der Waals surface area contributed by atoms with Crippen LogP contribution in [0.3, 0.4) is 0 Å². The monoisotopic (exact) mass is 390 g/mol. The van der Waals surface area contributed by atoms with Crippen LogP contribution in [0.25, 0.3) is 6.08 Å². The third-order valence-electron chi connectivity index (χ3n) is 4.82. The zero-order chi connectivity index (χ0) is 19.4. The van der Waals surface area contributed by atoms with Crippen molar-refractivity contribution in [3.63, 3.8) is 0 Å². The number of para-hydroxylation sites is 1. The normalized spacial score (nSPS) is 19.9. The molecule has 0 unspecified atom stereocenters. The lowest BCUT2D eigenvalue weighted by atomic mass is 10.2. The van der Waals surface area contributed by atoms with E-state index in [9.17, 15) is 14.4 Å². The van der Waals surface area contributed by atoms with Gasteiger partial charge in [-0.2, -0.15) is 0 Å². The van der Waals surface area contributed by atoms with E-state index in [1.807, 2.05) is 23.1 Å². The minimum atomic E-state index is -0.355. The molecule has 2 saturated heterocycles. The molecule has 0 bridgehead atoms. The summed E-state index contributed by atoms with van der Waals surface area (Å²) in [5.74, 6) is 0.276. The van der Waals surface area contributed by atoms with E-state index in [1.54, 1.807) is 19.3 Å². The zero-order valence-electron chi connectivity index (χ0n) is 15.6. The van der Waals surface area contributed by atoms with Crippen LogP contribution >= 0.6 is 11.8 Å². The summed E-state index contributed by atoms with van der Waals surface area (Å²) in [6.45, 7) is 3.41. The van der Waals surface area contributed by atoms with Gasteiger partial charge >= 0.3 is 0 Å². The summed E-state index contributed by atoms with van der Waals surface area (Å²) in [5, 5.41) is -0.336. The number of likely N-dealkylation sites (N-methyl/N-ethyl adjacent to an activating group) is 1. The minimum absolute atomic E-state index is 0.00439. The summed E-state index contributed by atoms with van der Waals surface area (Å²) >= 11 is 0.898. The van der Waals surface area contributed by atoms with Crippen LogP contribution in [0.15, 0.2) is 29.2 Å². The Labute approximate surface area is 162 Å². The van der Waals surface area contributed by atoms with Crippen LogP contribution in [0.5, 0.6) is 5.75 Å². The molecule has 0 atom stereocenters. The number of carbonyl (C=O) groups is 3. The van der Waals surface area contributed by atoms with E-state index in [2.05, 4.69) is 7.05 Å². The molecule has 0 saturated carbocycles. The molecule has 3 rings (SSSR count). The Morgan fingerprint density at radius 1 is 1.26 bits per heavy atom. The summed E-state index contributed by atoms with van der Waals surface area (Å²) in [7, 11) is 3.67. The predicted molar refractivity (Wildman–Crippen MR) is 103 cm³/mol. The number of amides is 3. The smallest absolute Gasteiger partial charge is 0.293 e. The molecule has 2 heterocycles. The summed E-state index contributed by atoms with van der Waals surface area (Å²) in [4.78, 5) is 41.9. The molecule has 1 N–H and O–H groups in total. The first-order valence-electron chi connectivity index (χ1n) is 8.97. The Hall–Kier alpha value is -2.32. The number of benzene rings is 1. The van der Waals surface area contributed by atoms with E-state index < -0.39 is 0 Å². The largest absolute Gasteiger partial charge is 0.496 e. The number of nitrogens with zero attached hydrogens (tertiary/aromatic N) is 2. The number of nitrogens with one attached hydrogen (secondary N) is 1. The second-order valence-electron chi connectivity index (χ2n) is 6.66. The van der Waals surface area contributed by atoms with Crippen LogP contribution in [0.2, 0.25) is 0 Å². The van der Waals surface area contributed by atoms with E-state index >= 15 is 0 Å². The molecule has 0 radical (unpaired) electrons. The van der Waals surface area contributed by atoms with Gasteiger partial charge in [0.15, 0.2) is 0 Å². The van der Waals surface area contributed by atoms with Crippen molar-refractivity contribution >= 4 is 34.9 Å². The maximum atomic E-state index is 12.6. The predicted octanol–water partition coefficient (Wildman–Crippen LogP) is 0.479. The molecule has 0 aromatic heterocycles. The lowest BCUT2D eigenvalue weighted by Gasteiger charge is -2.30. The van der Waals surface area contributed by atoms with Gasteiger partial charge in [-0.25, -0.2) is 0 Å². The van der Waals surface area contributed by atoms with Crippen molar-refractivity contribution in [3.05, 3.63) is 34.7 Å². The van der Waals surface area contributed by atoms with Crippen LogP contribution in [0.1, 0.15) is 12.0 Å². The lowest BCUT2D eigenvalue weighted by Crippen LogP contribution is -3.12. The number of imide groups is 1. The van der Waals surface area contributed by atoms with Crippen molar-refractivity contribution in [2.24, 2.45) is 0 Å². The van der Waals surface area contributed by atoms with Crippen molar-refractivity contribution in [2.45, 2.75) is 6.42 Å². The van der Waals surface area contributed by atoms with E-state index in [1.165, 1.54) is 4.90 Å². The number of rotatable bonds is 5. The van der Waals surface area contributed by atoms with Gasteiger partial charge < -0.3 is 14.5 Å². The Morgan fingerprint density at radius 3 is 2.67 bits per heavy atom. The molecule has 7 nitrogen and oxygen atoms in total. The number of hydrogen-bond acceptors (Lipinski definition) is 5. The molecule has 2 fully saturated rings. The van der Waals surface area contributed by atoms with Crippen molar-refractivity contribution in [1.82, 2.24) is 9.80 Å². The average Bonchev–Trinajstić information content (AvgIpc) is 2.94. The number of thioether (sulfide) groups is 1. The fourth-order valence-electron chi connectivity index (χ4n) is 3.12. The quantitative estimate of drug-likeness (QED) is 0.741. The summed E-state index contributed by atoms with van der Waals surface area (Å²) in [6, 6.07) is 7.31. The highest BCUT2D eigenvalue weighted by Crippen LogP contribution is 2.33. The van der Waals surface area contributed by atoms with Crippen molar-refractivity contribution < 1.29 is 24.0 Å². The van der Waals surface area contributed by atoms with Gasteiger partial charge in [-0.05, 0) is 23.9 Å². The molecule has 1 aromatic carbocycles. The topological polar surface area (TPSA) is 71.4 Å². The third-order valence-corrected chi connectivity index (χ3v) is 5.73. The Kier molecular flexibility index (Phi) is 6.18. The molecule has 1 aromatic rings. The maximum absolute atomic E-state index is 12.6. The van der Waals surface area contributed by atoms with Gasteiger partial charge in [0.25, 0.3) is 11.1 Å². The van der Waals surface area contributed by atoms with Gasteiger partial charge in [0.1, 0.15) is 5.75 Å². The molecular weight excluding hydrogens is 366 g/mol. The standard InChI is InChI=1S/C19H23N3O4S/c1-20-9-11-21(12-10-20)17(23)7-8-22-18(24)16(27-19(22)25)13-14-5-3-4-6-15(14)26-2/h3-6,13H,7-12H2,1-2H3/p+1/b16-13+. The summed E-state index contributed by atoms with van der Waals surface area (Å²) < 4.78 is 5.28. The Bertz CT molecular complexity index is 772. The van der Waals surface area contributed by atoms with Crippen molar-refractivity contribution in [2.75, 3.05) is 46.9 Å². The molecule has 0 spiro atoms. The Balaban J connectivity index is 1.62. The highest BCUT2D eigenvalue weighted by Gasteiger charge is 2.35. The van der Waals surface area contributed by atoms with Gasteiger partial charge in [-0.15, -0.1) is 0 Å². The van der Waals surface area contributed by atoms with Gasteiger partial charge in [-0.3, -0.25) is 19.3 Å². The average molecular weight is 390 g/mol. The van der Waals surface area contributed by atoms with Crippen LogP contribution < -0.4 is 9.64 Å². The first kappa shape index (κ1) is 19.4.